The van der Waals surface area contributed by atoms with Gasteiger partial charge in [0.25, 0.3) is 0 Å². The van der Waals surface area contributed by atoms with Crippen molar-refractivity contribution in [2.75, 3.05) is 6.54 Å². The Morgan fingerprint density at radius 2 is 2.30 bits per heavy atom. The molecule has 3 nitrogen and oxygen atoms in total. The van der Waals surface area contributed by atoms with Gasteiger partial charge in [-0.3, -0.25) is 0 Å². The Morgan fingerprint density at radius 1 is 1.40 bits per heavy atom. The number of halogens is 1. The summed E-state index contributed by atoms with van der Waals surface area (Å²) in [6, 6.07) is 5.25. The molecule has 20 heavy (non-hydrogen) atoms. The fourth-order valence-corrected chi connectivity index (χ4v) is 4.15. The van der Waals surface area contributed by atoms with Crippen LogP contribution in [0.1, 0.15) is 38.1 Å². The summed E-state index contributed by atoms with van der Waals surface area (Å²) in [5, 5.41) is 3.65. The summed E-state index contributed by atoms with van der Waals surface area (Å²) in [6.07, 6.45) is 3.98. The first-order valence-electron chi connectivity index (χ1n) is 7.67. The zero-order valence-corrected chi connectivity index (χ0v) is 11.8. The highest BCUT2D eigenvalue weighted by molar-refractivity contribution is 5.76. The Bertz CT molecular complexity index is 648. The van der Waals surface area contributed by atoms with Crippen LogP contribution >= 0.6 is 0 Å². The van der Waals surface area contributed by atoms with Gasteiger partial charge < -0.3 is 9.88 Å². The normalized spacial score (nSPS) is 29.2. The second-order valence-corrected chi connectivity index (χ2v) is 6.09. The van der Waals surface area contributed by atoms with Crippen molar-refractivity contribution in [3.05, 3.63) is 29.8 Å². The second kappa shape index (κ2) is 4.55. The smallest absolute Gasteiger partial charge is 0.127 e. The molecule has 0 bridgehead atoms. The molecular formula is C16H20FN3. The van der Waals surface area contributed by atoms with Gasteiger partial charge in [0.05, 0.1) is 17.1 Å². The van der Waals surface area contributed by atoms with E-state index in [4.69, 9.17) is 4.98 Å². The van der Waals surface area contributed by atoms with Crippen molar-refractivity contribution < 1.29 is 4.39 Å². The zero-order chi connectivity index (χ0) is 13.7. The first-order chi connectivity index (χ1) is 9.78. The molecule has 2 heterocycles. The summed E-state index contributed by atoms with van der Waals surface area (Å²) in [7, 11) is 0. The third kappa shape index (κ3) is 1.71. The largest absolute Gasteiger partial charge is 0.327 e. The summed E-state index contributed by atoms with van der Waals surface area (Å²) in [6.45, 7) is 4.05. The minimum atomic E-state index is -0.184. The van der Waals surface area contributed by atoms with Crippen LogP contribution in [0.5, 0.6) is 0 Å². The molecule has 4 rings (SSSR count). The average molecular weight is 273 g/mol. The SMILES string of the molecule is CCn1c(C2NCC3CCCC32)nc2ccc(F)cc21. The van der Waals surface area contributed by atoms with Crippen molar-refractivity contribution in [1.29, 1.82) is 0 Å². The van der Waals surface area contributed by atoms with Crippen molar-refractivity contribution in [1.82, 2.24) is 14.9 Å². The van der Waals surface area contributed by atoms with Crippen LogP contribution in [-0.2, 0) is 6.54 Å². The molecular weight excluding hydrogens is 253 g/mol. The van der Waals surface area contributed by atoms with Crippen LogP contribution in [-0.4, -0.2) is 16.1 Å². The number of nitrogens with one attached hydrogen (secondary N) is 1. The van der Waals surface area contributed by atoms with E-state index in [9.17, 15) is 4.39 Å². The lowest BCUT2D eigenvalue weighted by Gasteiger charge is -2.19. The van der Waals surface area contributed by atoms with Crippen molar-refractivity contribution >= 4 is 11.0 Å². The number of aromatic nitrogens is 2. The number of hydrogen-bond donors (Lipinski definition) is 1. The van der Waals surface area contributed by atoms with Crippen molar-refractivity contribution in [3.8, 4) is 0 Å². The van der Waals surface area contributed by atoms with Crippen LogP contribution < -0.4 is 5.32 Å². The van der Waals surface area contributed by atoms with Gasteiger partial charge in [-0.1, -0.05) is 6.42 Å². The minimum absolute atomic E-state index is 0.184. The van der Waals surface area contributed by atoms with Gasteiger partial charge in [-0.05, 0) is 56.3 Å². The maximum atomic E-state index is 13.5. The molecule has 0 spiro atoms. The van der Waals surface area contributed by atoms with Gasteiger partial charge in [-0.2, -0.15) is 0 Å². The average Bonchev–Trinajstić information content (AvgIpc) is 3.10. The summed E-state index contributed by atoms with van der Waals surface area (Å²) in [4.78, 5) is 4.80. The standard InChI is InChI=1S/C16H20FN3/c1-2-20-14-8-11(17)6-7-13(14)19-16(20)15-12-5-3-4-10(12)9-18-15/h6-8,10,12,15,18H,2-5,9H2,1H3. The summed E-state index contributed by atoms with van der Waals surface area (Å²) < 4.78 is 15.7. The first-order valence-corrected chi connectivity index (χ1v) is 7.67. The van der Waals surface area contributed by atoms with Gasteiger partial charge in [0, 0.05) is 6.54 Å². The molecule has 106 valence electrons. The number of benzene rings is 1. The van der Waals surface area contributed by atoms with Crippen molar-refractivity contribution in [2.24, 2.45) is 11.8 Å². The molecule has 1 aromatic carbocycles. The Labute approximate surface area is 118 Å². The van der Waals surface area contributed by atoms with E-state index >= 15 is 0 Å². The van der Waals surface area contributed by atoms with Crippen molar-refractivity contribution in [3.63, 3.8) is 0 Å². The number of imidazole rings is 1. The van der Waals surface area contributed by atoms with E-state index in [0.29, 0.717) is 12.0 Å². The van der Waals surface area contributed by atoms with E-state index in [1.165, 1.54) is 25.3 Å². The molecule has 2 aromatic rings. The zero-order valence-electron chi connectivity index (χ0n) is 11.8. The Morgan fingerprint density at radius 3 is 3.15 bits per heavy atom. The molecule has 3 atom stereocenters. The lowest BCUT2D eigenvalue weighted by Crippen LogP contribution is -2.22. The van der Waals surface area contributed by atoms with E-state index in [-0.39, 0.29) is 5.82 Å². The molecule has 1 aliphatic heterocycles. The minimum Gasteiger partial charge on any atom is -0.327 e. The predicted molar refractivity (Wildman–Crippen MR) is 76.9 cm³/mol. The molecule has 1 N–H and O–H groups in total. The molecule has 1 saturated carbocycles. The molecule has 4 heteroatoms. The van der Waals surface area contributed by atoms with Gasteiger partial charge in [0.2, 0.25) is 0 Å². The van der Waals surface area contributed by atoms with Crippen LogP contribution in [0, 0.1) is 17.7 Å². The van der Waals surface area contributed by atoms with Crippen molar-refractivity contribution in [2.45, 2.75) is 38.8 Å². The quantitative estimate of drug-likeness (QED) is 0.910. The topological polar surface area (TPSA) is 29.9 Å². The van der Waals surface area contributed by atoms with Gasteiger partial charge in [0.15, 0.2) is 0 Å². The maximum Gasteiger partial charge on any atom is 0.127 e. The number of rotatable bonds is 2. The maximum absolute atomic E-state index is 13.5. The highest BCUT2D eigenvalue weighted by Crippen LogP contribution is 2.44. The summed E-state index contributed by atoms with van der Waals surface area (Å²) in [5.41, 5.74) is 1.83. The molecule has 1 aromatic heterocycles. The van der Waals surface area contributed by atoms with E-state index in [1.807, 2.05) is 0 Å². The second-order valence-electron chi connectivity index (χ2n) is 6.09. The van der Waals surface area contributed by atoms with Gasteiger partial charge in [0.1, 0.15) is 11.6 Å². The number of aryl methyl sites for hydroxylation is 1. The number of hydrogen-bond acceptors (Lipinski definition) is 2. The molecule has 0 amide bonds. The first kappa shape index (κ1) is 12.3. The third-order valence-corrected chi connectivity index (χ3v) is 5.08. The fraction of sp³-hybridized carbons (Fsp3) is 0.562. The van der Waals surface area contributed by atoms with E-state index in [0.717, 1.165) is 35.9 Å². The van der Waals surface area contributed by atoms with E-state index in [1.54, 1.807) is 12.1 Å². The fourth-order valence-electron chi connectivity index (χ4n) is 4.15. The molecule has 3 unspecified atom stereocenters. The number of nitrogens with zero attached hydrogens (tertiary/aromatic N) is 2. The highest BCUT2D eigenvalue weighted by Gasteiger charge is 2.41. The van der Waals surface area contributed by atoms with Gasteiger partial charge in [-0.25, -0.2) is 9.37 Å². The molecule has 2 aliphatic rings. The van der Waals surface area contributed by atoms with E-state index in [2.05, 4.69) is 16.8 Å². The third-order valence-electron chi connectivity index (χ3n) is 5.08. The monoisotopic (exact) mass is 273 g/mol. The van der Waals surface area contributed by atoms with Gasteiger partial charge in [-0.15, -0.1) is 0 Å². The Balaban J connectivity index is 1.83. The predicted octanol–water partition coefficient (Wildman–Crippen LogP) is 3.26. The Kier molecular flexibility index (Phi) is 2.81. The summed E-state index contributed by atoms with van der Waals surface area (Å²) in [5.74, 6) is 2.43. The van der Waals surface area contributed by atoms with Crippen LogP contribution in [0.15, 0.2) is 18.2 Å². The molecule has 1 aliphatic carbocycles. The van der Waals surface area contributed by atoms with Crippen LogP contribution in [0.4, 0.5) is 4.39 Å². The lowest BCUT2D eigenvalue weighted by atomic mass is 9.93. The number of fused-ring (bicyclic) bond motifs is 2. The van der Waals surface area contributed by atoms with Gasteiger partial charge >= 0.3 is 0 Å². The molecule has 1 saturated heterocycles. The highest BCUT2D eigenvalue weighted by atomic mass is 19.1. The van der Waals surface area contributed by atoms with Crippen LogP contribution in [0.25, 0.3) is 11.0 Å². The Hall–Kier alpha value is -1.42. The van der Waals surface area contributed by atoms with Crippen LogP contribution in [0.3, 0.4) is 0 Å². The molecule has 2 fully saturated rings. The van der Waals surface area contributed by atoms with E-state index < -0.39 is 0 Å². The van der Waals surface area contributed by atoms with Crippen LogP contribution in [0.2, 0.25) is 0 Å². The summed E-state index contributed by atoms with van der Waals surface area (Å²) >= 11 is 0. The molecule has 0 radical (unpaired) electrons. The lowest BCUT2D eigenvalue weighted by molar-refractivity contribution is 0.399.